The number of halogens is 1. The number of aryl methyl sites for hydroxylation is 1. The minimum Gasteiger partial charge on any atom is -0.366 e. The molecule has 28 heavy (non-hydrogen) atoms. The fourth-order valence-corrected chi connectivity index (χ4v) is 2.59. The Bertz CT molecular complexity index is 1020. The molecule has 0 fully saturated rings. The van der Waals surface area contributed by atoms with Crippen LogP contribution < -0.4 is 10.6 Å². The van der Waals surface area contributed by atoms with Crippen molar-refractivity contribution in [3.8, 4) is 0 Å². The van der Waals surface area contributed by atoms with Gasteiger partial charge in [0, 0.05) is 29.4 Å². The molecule has 2 aromatic carbocycles. The number of ketones is 1. The van der Waals surface area contributed by atoms with Crippen LogP contribution in [0.5, 0.6) is 0 Å². The summed E-state index contributed by atoms with van der Waals surface area (Å²) in [6, 6.07) is 14.5. The molecule has 0 spiro atoms. The van der Waals surface area contributed by atoms with Crippen molar-refractivity contribution in [1.82, 2.24) is 9.97 Å². The molecule has 1 heterocycles. The molecule has 3 rings (SSSR count). The first-order chi connectivity index (χ1) is 13.4. The smallest absolute Gasteiger partial charge is 0.274 e. The highest BCUT2D eigenvalue weighted by Gasteiger charge is 2.12. The van der Waals surface area contributed by atoms with E-state index in [1.54, 1.807) is 49.4 Å². The predicted octanol–water partition coefficient (Wildman–Crippen LogP) is 3.99. The fourth-order valence-electron chi connectivity index (χ4n) is 2.59. The standard InChI is InChI=1S/C21H19FN4O2/c1-13(27)15-7-9-17(10-8-15)26-21(28)19-11-20(25-14(2)24-19)23-12-16-5-3-4-6-18(16)22/h3-11H,12H2,1-2H3,(H,26,28)(H,23,24,25). The molecule has 142 valence electrons. The van der Waals surface area contributed by atoms with Crippen LogP contribution in [0.2, 0.25) is 0 Å². The van der Waals surface area contributed by atoms with Crippen LogP contribution in [0.25, 0.3) is 0 Å². The van der Waals surface area contributed by atoms with Crippen molar-refractivity contribution in [2.75, 3.05) is 10.6 Å². The zero-order valence-corrected chi connectivity index (χ0v) is 15.5. The predicted molar refractivity (Wildman–Crippen MR) is 105 cm³/mol. The van der Waals surface area contributed by atoms with Gasteiger partial charge in [-0.3, -0.25) is 9.59 Å². The summed E-state index contributed by atoms with van der Waals surface area (Å²) < 4.78 is 13.7. The molecule has 3 aromatic rings. The van der Waals surface area contributed by atoms with E-state index in [1.165, 1.54) is 19.1 Å². The highest BCUT2D eigenvalue weighted by Crippen LogP contribution is 2.14. The van der Waals surface area contributed by atoms with Crippen molar-refractivity contribution in [3.63, 3.8) is 0 Å². The number of nitrogens with one attached hydrogen (secondary N) is 2. The average Bonchev–Trinajstić information content (AvgIpc) is 2.67. The van der Waals surface area contributed by atoms with E-state index in [0.717, 1.165) is 0 Å². The molecule has 7 heteroatoms. The van der Waals surface area contributed by atoms with Crippen LogP contribution in [0, 0.1) is 12.7 Å². The molecule has 0 aliphatic heterocycles. The molecule has 0 aliphatic rings. The van der Waals surface area contributed by atoms with Gasteiger partial charge in [-0.05, 0) is 44.2 Å². The van der Waals surface area contributed by atoms with E-state index in [-0.39, 0.29) is 23.8 Å². The number of hydrogen-bond acceptors (Lipinski definition) is 5. The van der Waals surface area contributed by atoms with Crippen molar-refractivity contribution >= 4 is 23.2 Å². The Morgan fingerprint density at radius 2 is 1.75 bits per heavy atom. The lowest BCUT2D eigenvalue weighted by Gasteiger charge is -2.10. The summed E-state index contributed by atoms with van der Waals surface area (Å²) in [6.45, 7) is 3.39. The molecule has 1 amide bonds. The molecule has 0 saturated carbocycles. The van der Waals surface area contributed by atoms with Gasteiger partial charge in [-0.1, -0.05) is 18.2 Å². The van der Waals surface area contributed by atoms with Crippen molar-refractivity contribution < 1.29 is 14.0 Å². The normalized spacial score (nSPS) is 10.4. The molecule has 0 aliphatic carbocycles. The van der Waals surface area contributed by atoms with E-state index in [0.29, 0.717) is 28.5 Å². The molecule has 0 radical (unpaired) electrons. The third-order valence-electron chi connectivity index (χ3n) is 4.04. The molecule has 2 N–H and O–H groups in total. The number of anilines is 2. The number of amides is 1. The van der Waals surface area contributed by atoms with Gasteiger partial charge in [0.15, 0.2) is 5.78 Å². The first-order valence-corrected chi connectivity index (χ1v) is 8.67. The average molecular weight is 378 g/mol. The summed E-state index contributed by atoms with van der Waals surface area (Å²) in [5.74, 6) is 0.0704. The summed E-state index contributed by atoms with van der Waals surface area (Å²) in [5, 5.41) is 5.75. The molecule has 0 saturated heterocycles. The maximum atomic E-state index is 13.7. The zero-order valence-electron chi connectivity index (χ0n) is 15.5. The van der Waals surface area contributed by atoms with E-state index in [9.17, 15) is 14.0 Å². The number of rotatable bonds is 6. The molecular weight excluding hydrogens is 359 g/mol. The van der Waals surface area contributed by atoms with E-state index in [4.69, 9.17) is 0 Å². The minimum absolute atomic E-state index is 0.0464. The van der Waals surface area contributed by atoms with Crippen LogP contribution in [0.15, 0.2) is 54.6 Å². The Kier molecular flexibility index (Phi) is 5.74. The van der Waals surface area contributed by atoms with E-state index in [2.05, 4.69) is 20.6 Å². The maximum absolute atomic E-state index is 13.7. The molecule has 6 nitrogen and oxygen atoms in total. The van der Waals surface area contributed by atoms with Crippen LogP contribution in [0.1, 0.15) is 39.2 Å². The first kappa shape index (κ1) is 19.2. The number of nitrogens with zero attached hydrogens (tertiary/aromatic N) is 2. The van der Waals surface area contributed by atoms with Crippen LogP contribution in [-0.2, 0) is 6.54 Å². The maximum Gasteiger partial charge on any atom is 0.274 e. The highest BCUT2D eigenvalue weighted by atomic mass is 19.1. The third kappa shape index (κ3) is 4.76. The summed E-state index contributed by atoms with van der Waals surface area (Å²) in [7, 11) is 0. The lowest BCUT2D eigenvalue weighted by molar-refractivity contribution is 0.101. The lowest BCUT2D eigenvalue weighted by Crippen LogP contribution is -2.16. The van der Waals surface area contributed by atoms with Gasteiger partial charge < -0.3 is 10.6 Å². The van der Waals surface area contributed by atoms with E-state index >= 15 is 0 Å². The van der Waals surface area contributed by atoms with Crippen LogP contribution in [0.4, 0.5) is 15.9 Å². The van der Waals surface area contributed by atoms with Crippen LogP contribution in [-0.4, -0.2) is 21.7 Å². The number of benzene rings is 2. The number of aromatic nitrogens is 2. The van der Waals surface area contributed by atoms with E-state index < -0.39 is 5.91 Å². The van der Waals surface area contributed by atoms with Gasteiger partial charge in [0.05, 0.1) is 0 Å². The molecule has 1 aromatic heterocycles. The van der Waals surface area contributed by atoms with Gasteiger partial charge in [-0.25, -0.2) is 14.4 Å². The van der Waals surface area contributed by atoms with Gasteiger partial charge in [-0.15, -0.1) is 0 Å². The van der Waals surface area contributed by atoms with Crippen molar-refractivity contribution in [1.29, 1.82) is 0 Å². The highest BCUT2D eigenvalue weighted by molar-refractivity contribution is 6.03. The number of Topliss-reactive ketones (excluding diaryl/α,β-unsaturated/α-hetero) is 1. The van der Waals surface area contributed by atoms with Gasteiger partial charge in [0.1, 0.15) is 23.2 Å². The van der Waals surface area contributed by atoms with Crippen LogP contribution >= 0.6 is 0 Å². The zero-order chi connectivity index (χ0) is 20.1. The molecule has 0 unspecified atom stereocenters. The topological polar surface area (TPSA) is 84.0 Å². The largest absolute Gasteiger partial charge is 0.366 e. The van der Waals surface area contributed by atoms with Gasteiger partial charge in [0.2, 0.25) is 0 Å². The Morgan fingerprint density at radius 3 is 2.43 bits per heavy atom. The third-order valence-corrected chi connectivity index (χ3v) is 4.04. The second-order valence-corrected chi connectivity index (χ2v) is 6.22. The molecular formula is C21H19FN4O2. The minimum atomic E-state index is -0.407. The molecule has 0 bridgehead atoms. The number of carbonyl (C=O) groups excluding carboxylic acids is 2. The second kappa shape index (κ2) is 8.39. The summed E-state index contributed by atoms with van der Waals surface area (Å²) in [5.41, 5.74) is 1.79. The molecule has 0 atom stereocenters. The van der Waals surface area contributed by atoms with E-state index in [1.807, 2.05) is 0 Å². The monoisotopic (exact) mass is 378 g/mol. The number of carbonyl (C=O) groups is 2. The Balaban J connectivity index is 1.72. The van der Waals surface area contributed by atoms with Crippen LogP contribution in [0.3, 0.4) is 0 Å². The van der Waals surface area contributed by atoms with Gasteiger partial charge in [-0.2, -0.15) is 0 Å². The second-order valence-electron chi connectivity index (χ2n) is 6.22. The van der Waals surface area contributed by atoms with Crippen molar-refractivity contribution in [2.24, 2.45) is 0 Å². The Labute approximate surface area is 161 Å². The quantitative estimate of drug-likeness (QED) is 0.634. The summed E-state index contributed by atoms with van der Waals surface area (Å²) >= 11 is 0. The lowest BCUT2D eigenvalue weighted by atomic mass is 10.1. The summed E-state index contributed by atoms with van der Waals surface area (Å²) in [6.07, 6.45) is 0. The fraction of sp³-hybridized carbons (Fsp3) is 0.143. The Hall–Kier alpha value is -3.61. The first-order valence-electron chi connectivity index (χ1n) is 8.67. The van der Waals surface area contributed by atoms with Gasteiger partial charge >= 0.3 is 0 Å². The summed E-state index contributed by atoms with van der Waals surface area (Å²) in [4.78, 5) is 32.2. The van der Waals surface area contributed by atoms with Crippen molar-refractivity contribution in [2.45, 2.75) is 20.4 Å². The Morgan fingerprint density at radius 1 is 1.04 bits per heavy atom. The SMILES string of the molecule is CC(=O)c1ccc(NC(=O)c2cc(NCc3ccccc3F)nc(C)n2)cc1. The van der Waals surface area contributed by atoms with Crippen molar-refractivity contribution in [3.05, 3.63) is 83.1 Å². The number of hydrogen-bond donors (Lipinski definition) is 2. The van der Waals surface area contributed by atoms with Gasteiger partial charge in [0.25, 0.3) is 5.91 Å².